The lowest BCUT2D eigenvalue weighted by Crippen LogP contribution is -2.36. The third-order valence-corrected chi connectivity index (χ3v) is 4.72. The van der Waals surface area contributed by atoms with Crippen LogP contribution in [-0.2, 0) is 6.42 Å². The number of hydrogen-bond donors (Lipinski definition) is 1. The van der Waals surface area contributed by atoms with Gasteiger partial charge in [-0.2, -0.15) is 0 Å². The summed E-state index contributed by atoms with van der Waals surface area (Å²) in [7, 11) is 0. The fraction of sp³-hybridized carbons (Fsp3) is 0.714. The Morgan fingerprint density at radius 1 is 1.29 bits per heavy atom. The van der Waals surface area contributed by atoms with Crippen LogP contribution in [-0.4, -0.2) is 12.6 Å². The first-order valence-electron chi connectivity index (χ1n) is 6.26. The number of rotatable bonds is 5. The molecule has 0 aliphatic heterocycles. The summed E-state index contributed by atoms with van der Waals surface area (Å²) in [5.41, 5.74) is 0.346. The molecule has 0 fully saturated rings. The fourth-order valence-electron chi connectivity index (χ4n) is 1.77. The Bertz CT molecular complexity index is 338. The zero-order valence-corrected chi connectivity index (χ0v) is 13.9. The summed E-state index contributed by atoms with van der Waals surface area (Å²) in [6, 6.07) is 4.95. The highest BCUT2D eigenvalue weighted by Crippen LogP contribution is 2.32. The second-order valence-electron chi connectivity index (χ2n) is 6.04. The number of thiophene rings is 1. The maximum absolute atomic E-state index is 3.57. The van der Waals surface area contributed by atoms with Crippen molar-refractivity contribution in [3.63, 3.8) is 0 Å². The Morgan fingerprint density at radius 3 is 2.35 bits per heavy atom. The van der Waals surface area contributed by atoms with Gasteiger partial charge < -0.3 is 5.32 Å². The van der Waals surface area contributed by atoms with Crippen molar-refractivity contribution >= 4 is 27.3 Å². The summed E-state index contributed by atoms with van der Waals surface area (Å²) in [5, 5.41) is 3.57. The zero-order chi connectivity index (χ0) is 13.1. The molecule has 98 valence electrons. The Balaban J connectivity index is 2.64. The Kier molecular flexibility index (Phi) is 5.68. The molecule has 3 heteroatoms. The minimum Gasteiger partial charge on any atom is -0.314 e. The van der Waals surface area contributed by atoms with Crippen molar-refractivity contribution in [2.75, 3.05) is 6.54 Å². The van der Waals surface area contributed by atoms with Gasteiger partial charge in [0, 0.05) is 10.9 Å². The third kappa shape index (κ3) is 5.54. The van der Waals surface area contributed by atoms with Crippen molar-refractivity contribution in [1.29, 1.82) is 0 Å². The molecule has 0 spiro atoms. The summed E-state index contributed by atoms with van der Waals surface area (Å²) in [6.45, 7) is 12.5. The van der Waals surface area contributed by atoms with Gasteiger partial charge in [0.15, 0.2) is 0 Å². The average Bonchev–Trinajstić information content (AvgIpc) is 2.56. The van der Waals surface area contributed by atoms with Gasteiger partial charge >= 0.3 is 0 Å². The highest BCUT2D eigenvalue weighted by atomic mass is 79.9. The monoisotopic (exact) mass is 317 g/mol. The quantitative estimate of drug-likeness (QED) is 0.829. The second-order valence-corrected chi connectivity index (χ2v) is 8.58. The third-order valence-electron chi connectivity index (χ3n) is 3.07. The first kappa shape index (κ1) is 15.2. The molecule has 0 aliphatic rings. The first-order valence-corrected chi connectivity index (χ1v) is 7.87. The molecule has 0 amide bonds. The van der Waals surface area contributed by atoms with E-state index in [4.69, 9.17) is 0 Å². The van der Waals surface area contributed by atoms with Crippen LogP contribution in [0.15, 0.2) is 15.9 Å². The van der Waals surface area contributed by atoms with Gasteiger partial charge in [-0.3, -0.25) is 0 Å². The van der Waals surface area contributed by atoms with Gasteiger partial charge in [-0.1, -0.05) is 34.6 Å². The maximum atomic E-state index is 3.57. The topological polar surface area (TPSA) is 12.0 Å². The van der Waals surface area contributed by atoms with Gasteiger partial charge in [-0.15, -0.1) is 11.3 Å². The molecule has 1 heterocycles. The highest BCUT2D eigenvalue weighted by Gasteiger charge is 2.25. The van der Waals surface area contributed by atoms with Crippen LogP contribution in [0.1, 0.15) is 39.5 Å². The molecule has 1 nitrogen and oxygen atoms in total. The summed E-state index contributed by atoms with van der Waals surface area (Å²) in [5.74, 6) is 0.676. The molecule has 0 aromatic carbocycles. The molecule has 0 saturated heterocycles. The Labute approximate surface area is 118 Å². The van der Waals surface area contributed by atoms with E-state index in [1.54, 1.807) is 0 Å². The van der Waals surface area contributed by atoms with E-state index < -0.39 is 0 Å². The fourth-order valence-corrected chi connectivity index (χ4v) is 3.33. The minimum atomic E-state index is 0.346. The molecular formula is C14H24BrNS. The standard InChI is InChI=1S/C14H24BrNS/c1-10(2)16-9-11(14(3,4)5)8-12-6-7-13(15)17-12/h6-7,10-11,16H,8-9H2,1-5H3. The van der Waals surface area contributed by atoms with E-state index in [0.29, 0.717) is 17.4 Å². The predicted molar refractivity (Wildman–Crippen MR) is 81.8 cm³/mol. The van der Waals surface area contributed by atoms with E-state index in [9.17, 15) is 0 Å². The SMILES string of the molecule is CC(C)NCC(Cc1ccc(Br)s1)C(C)(C)C. The van der Waals surface area contributed by atoms with E-state index in [1.165, 1.54) is 15.1 Å². The number of nitrogens with one attached hydrogen (secondary N) is 1. The van der Waals surface area contributed by atoms with Gasteiger partial charge in [-0.05, 0) is 52.4 Å². The highest BCUT2D eigenvalue weighted by molar-refractivity contribution is 9.11. The van der Waals surface area contributed by atoms with E-state index in [2.05, 4.69) is 68.0 Å². The summed E-state index contributed by atoms with van der Waals surface area (Å²) in [4.78, 5) is 1.47. The predicted octanol–water partition coefficient (Wildman–Crippen LogP) is 4.71. The number of hydrogen-bond acceptors (Lipinski definition) is 2. The van der Waals surface area contributed by atoms with Crippen molar-refractivity contribution in [3.05, 3.63) is 20.8 Å². The minimum absolute atomic E-state index is 0.346. The van der Waals surface area contributed by atoms with Gasteiger partial charge in [0.1, 0.15) is 0 Å². The van der Waals surface area contributed by atoms with Gasteiger partial charge in [0.2, 0.25) is 0 Å². The van der Waals surface area contributed by atoms with Crippen molar-refractivity contribution in [3.8, 4) is 0 Å². The summed E-state index contributed by atoms with van der Waals surface area (Å²) in [6.07, 6.45) is 1.17. The van der Waals surface area contributed by atoms with Crippen LogP contribution >= 0.6 is 27.3 Å². The van der Waals surface area contributed by atoms with Gasteiger partial charge in [0.25, 0.3) is 0 Å². The normalized spacial score (nSPS) is 14.3. The van der Waals surface area contributed by atoms with Crippen LogP contribution in [0.3, 0.4) is 0 Å². The second kappa shape index (κ2) is 6.35. The zero-order valence-electron chi connectivity index (χ0n) is 11.5. The van der Waals surface area contributed by atoms with E-state index >= 15 is 0 Å². The smallest absolute Gasteiger partial charge is 0.0701 e. The molecule has 1 unspecified atom stereocenters. The first-order chi connectivity index (χ1) is 7.79. The molecule has 0 bridgehead atoms. The molecule has 0 aliphatic carbocycles. The van der Waals surface area contributed by atoms with Crippen LogP contribution in [0.5, 0.6) is 0 Å². The summed E-state index contributed by atoms with van der Waals surface area (Å²) >= 11 is 5.39. The molecule has 1 rings (SSSR count). The lowest BCUT2D eigenvalue weighted by molar-refractivity contribution is 0.227. The largest absolute Gasteiger partial charge is 0.314 e. The lowest BCUT2D eigenvalue weighted by atomic mass is 9.78. The van der Waals surface area contributed by atoms with Crippen LogP contribution in [0.4, 0.5) is 0 Å². The van der Waals surface area contributed by atoms with Crippen LogP contribution < -0.4 is 5.32 Å². The van der Waals surface area contributed by atoms with E-state index in [-0.39, 0.29) is 0 Å². The van der Waals surface area contributed by atoms with Crippen LogP contribution in [0.2, 0.25) is 0 Å². The molecule has 0 saturated carbocycles. The van der Waals surface area contributed by atoms with Gasteiger partial charge in [0.05, 0.1) is 3.79 Å². The van der Waals surface area contributed by atoms with E-state index in [1.807, 2.05) is 11.3 Å². The molecule has 0 radical (unpaired) electrons. The van der Waals surface area contributed by atoms with Crippen molar-refractivity contribution in [2.24, 2.45) is 11.3 Å². The van der Waals surface area contributed by atoms with Crippen molar-refractivity contribution in [1.82, 2.24) is 5.32 Å². The number of halogens is 1. The lowest BCUT2D eigenvalue weighted by Gasteiger charge is -2.31. The molecule has 17 heavy (non-hydrogen) atoms. The molecule has 1 aromatic heterocycles. The van der Waals surface area contributed by atoms with Gasteiger partial charge in [-0.25, -0.2) is 0 Å². The maximum Gasteiger partial charge on any atom is 0.0701 e. The average molecular weight is 318 g/mol. The van der Waals surface area contributed by atoms with Crippen molar-refractivity contribution < 1.29 is 0 Å². The van der Waals surface area contributed by atoms with Crippen LogP contribution in [0.25, 0.3) is 0 Å². The summed E-state index contributed by atoms with van der Waals surface area (Å²) < 4.78 is 1.23. The molecule has 1 N–H and O–H groups in total. The molecule has 1 aromatic rings. The Hall–Kier alpha value is 0.140. The van der Waals surface area contributed by atoms with Crippen molar-refractivity contribution in [2.45, 2.75) is 47.1 Å². The van der Waals surface area contributed by atoms with E-state index in [0.717, 1.165) is 6.54 Å². The Morgan fingerprint density at radius 2 is 1.94 bits per heavy atom. The molecule has 1 atom stereocenters. The van der Waals surface area contributed by atoms with Crippen LogP contribution in [0, 0.1) is 11.3 Å². The molecular weight excluding hydrogens is 294 g/mol.